The summed E-state index contributed by atoms with van der Waals surface area (Å²) in [6, 6.07) is 7.74. The first-order valence-corrected chi connectivity index (χ1v) is 7.54. The topological polar surface area (TPSA) is 73.7 Å². The zero-order valence-electron chi connectivity index (χ0n) is 11.9. The van der Waals surface area contributed by atoms with Crippen molar-refractivity contribution in [2.45, 2.75) is 0 Å². The van der Waals surface area contributed by atoms with Gasteiger partial charge in [-0.15, -0.1) is 0 Å². The Kier molecular flexibility index (Phi) is 5.71. The first-order chi connectivity index (χ1) is 10.9. The quantitative estimate of drug-likeness (QED) is 0.557. The lowest BCUT2D eigenvalue weighted by molar-refractivity contribution is 0.0956. The SMILES string of the molecule is CNc1ccc(Cl)cc1C(=O)N/N=C/c1cc(Cl)cc(Cl)c1O. The number of nitrogens with zero attached hydrogens (tertiary/aromatic N) is 1. The second-order valence-corrected chi connectivity index (χ2v) is 5.74. The van der Waals surface area contributed by atoms with Crippen LogP contribution in [-0.4, -0.2) is 24.3 Å². The predicted octanol–water partition coefficient (Wildman–Crippen LogP) is 4.16. The van der Waals surface area contributed by atoms with E-state index >= 15 is 0 Å². The van der Waals surface area contributed by atoms with Crippen LogP contribution in [0.2, 0.25) is 15.1 Å². The highest BCUT2D eigenvalue weighted by Crippen LogP contribution is 2.30. The van der Waals surface area contributed by atoms with Crippen molar-refractivity contribution in [3.05, 3.63) is 56.5 Å². The van der Waals surface area contributed by atoms with Gasteiger partial charge in [-0.25, -0.2) is 5.43 Å². The number of rotatable bonds is 4. The molecule has 0 unspecified atom stereocenters. The molecule has 5 nitrogen and oxygen atoms in total. The maximum absolute atomic E-state index is 12.1. The van der Waals surface area contributed by atoms with E-state index in [2.05, 4.69) is 15.8 Å². The summed E-state index contributed by atoms with van der Waals surface area (Å²) in [6.07, 6.45) is 1.24. The van der Waals surface area contributed by atoms with Crippen molar-refractivity contribution in [1.82, 2.24) is 5.43 Å². The summed E-state index contributed by atoms with van der Waals surface area (Å²) in [6.45, 7) is 0. The molecule has 3 N–H and O–H groups in total. The van der Waals surface area contributed by atoms with Crippen LogP contribution in [0.5, 0.6) is 5.75 Å². The summed E-state index contributed by atoms with van der Waals surface area (Å²) in [4.78, 5) is 12.1. The molecule has 2 rings (SSSR count). The Morgan fingerprint density at radius 2 is 1.91 bits per heavy atom. The molecular formula is C15H12Cl3N3O2. The van der Waals surface area contributed by atoms with Crippen LogP contribution in [0.4, 0.5) is 5.69 Å². The first kappa shape index (κ1) is 17.4. The van der Waals surface area contributed by atoms with Crippen LogP contribution in [-0.2, 0) is 0 Å². The molecule has 0 atom stereocenters. The van der Waals surface area contributed by atoms with Crippen LogP contribution < -0.4 is 10.7 Å². The van der Waals surface area contributed by atoms with Gasteiger partial charge in [0.2, 0.25) is 0 Å². The van der Waals surface area contributed by atoms with E-state index in [4.69, 9.17) is 34.8 Å². The minimum absolute atomic E-state index is 0.0950. The fourth-order valence-electron chi connectivity index (χ4n) is 1.83. The predicted molar refractivity (Wildman–Crippen MR) is 94.2 cm³/mol. The van der Waals surface area contributed by atoms with E-state index in [9.17, 15) is 9.90 Å². The average molecular weight is 373 g/mol. The van der Waals surface area contributed by atoms with Gasteiger partial charge >= 0.3 is 0 Å². The number of hydrazone groups is 1. The number of phenols is 1. The zero-order valence-corrected chi connectivity index (χ0v) is 14.2. The number of amides is 1. The van der Waals surface area contributed by atoms with Gasteiger partial charge in [0.1, 0.15) is 5.75 Å². The average Bonchev–Trinajstić information content (AvgIpc) is 2.51. The van der Waals surface area contributed by atoms with Gasteiger partial charge in [-0.2, -0.15) is 5.10 Å². The molecule has 23 heavy (non-hydrogen) atoms. The molecule has 0 saturated heterocycles. The molecule has 0 aliphatic rings. The number of carbonyl (C=O) groups excluding carboxylic acids is 1. The fraction of sp³-hybridized carbons (Fsp3) is 0.0667. The summed E-state index contributed by atoms with van der Waals surface area (Å²) in [7, 11) is 1.69. The van der Waals surface area contributed by atoms with E-state index in [1.807, 2.05) is 0 Å². The van der Waals surface area contributed by atoms with Gasteiger partial charge in [-0.3, -0.25) is 4.79 Å². The Morgan fingerprint density at radius 3 is 2.61 bits per heavy atom. The van der Waals surface area contributed by atoms with Gasteiger partial charge in [0.25, 0.3) is 5.91 Å². The summed E-state index contributed by atoms with van der Waals surface area (Å²) in [5, 5.41) is 17.3. The number of halogens is 3. The van der Waals surface area contributed by atoms with Gasteiger partial charge in [0.15, 0.2) is 0 Å². The molecule has 0 aliphatic heterocycles. The van der Waals surface area contributed by atoms with Gasteiger partial charge in [-0.1, -0.05) is 34.8 Å². The third-order valence-corrected chi connectivity index (χ3v) is 3.66. The molecule has 120 valence electrons. The lowest BCUT2D eigenvalue weighted by atomic mass is 10.1. The molecule has 0 bridgehead atoms. The Hall–Kier alpha value is -1.95. The molecule has 1 amide bonds. The molecule has 2 aromatic rings. The van der Waals surface area contributed by atoms with Crippen molar-refractivity contribution >= 4 is 52.6 Å². The van der Waals surface area contributed by atoms with E-state index in [0.717, 1.165) is 0 Å². The van der Waals surface area contributed by atoms with Crippen molar-refractivity contribution in [3.63, 3.8) is 0 Å². The Bertz CT molecular complexity index is 779. The van der Waals surface area contributed by atoms with E-state index in [1.54, 1.807) is 19.2 Å². The smallest absolute Gasteiger partial charge is 0.273 e. The molecule has 0 aromatic heterocycles. The van der Waals surface area contributed by atoms with Crippen LogP contribution in [0, 0.1) is 0 Å². The lowest BCUT2D eigenvalue weighted by Crippen LogP contribution is -2.19. The fourth-order valence-corrected chi connectivity index (χ4v) is 2.51. The maximum Gasteiger partial charge on any atom is 0.273 e. The second-order valence-electron chi connectivity index (χ2n) is 4.46. The van der Waals surface area contributed by atoms with Crippen molar-refractivity contribution in [3.8, 4) is 5.75 Å². The van der Waals surface area contributed by atoms with Gasteiger partial charge in [-0.05, 0) is 30.3 Å². The zero-order chi connectivity index (χ0) is 17.0. The summed E-state index contributed by atoms with van der Waals surface area (Å²) < 4.78 is 0. The minimum atomic E-state index is -0.458. The first-order valence-electron chi connectivity index (χ1n) is 6.41. The summed E-state index contributed by atoms with van der Waals surface area (Å²) in [5.41, 5.74) is 3.58. The van der Waals surface area contributed by atoms with Gasteiger partial charge in [0, 0.05) is 28.3 Å². The largest absolute Gasteiger partial charge is 0.506 e. The van der Waals surface area contributed by atoms with E-state index in [1.165, 1.54) is 24.4 Å². The maximum atomic E-state index is 12.1. The summed E-state index contributed by atoms with van der Waals surface area (Å²) in [5.74, 6) is -0.631. The van der Waals surface area contributed by atoms with Crippen LogP contribution in [0.25, 0.3) is 0 Å². The molecule has 8 heteroatoms. The molecule has 2 aromatic carbocycles. The third kappa shape index (κ3) is 4.28. The summed E-state index contributed by atoms with van der Waals surface area (Å²) >= 11 is 17.6. The number of anilines is 1. The lowest BCUT2D eigenvalue weighted by Gasteiger charge is -2.08. The van der Waals surface area contributed by atoms with Crippen molar-refractivity contribution < 1.29 is 9.90 Å². The van der Waals surface area contributed by atoms with E-state index < -0.39 is 5.91 Å². The van der Waals surface area contributed by atoms with Crippen molar-refractivity contribution in [2.24, 2.45) is 5.10 Å². The van der Waals surface area contributed by atoms with Gasteiger partial charge in [0.05, 0.1) is 16.8 Å². The van der Waals surface area contributed by atoms with E-state index in [0.29, 0.717) is 21.3 Å². The molecule has 0 saturated carbocycles. The Morgan fingerprint density at radius 1 is 1.17 bits per heavy atom. The number of phenolic OH excluding ortho intramolecular Hbond substituents is 1. The highest BCUT2D eigenvalue weighted by Gasteiger charge is 2.11. The highest BCUT2D eigenvalue weighted by atomic mass is 35.5. The third-order valence-electron chi connectivity index (χ3n) is 2.92. The molecular weight excluding hydrogens is 361 g/mol. The number of hydrogen-bond acceptors (Lipinski definition) is 4. The second kappa shape index (κ2) is 7.55. The molecule has 0 heterocycles. The van der Waals surface area contributed by atoms with E-state index in [-0.39, 0.29) is 16.3 Å². The number of carbonyl (C=O) groups is 1. The van der Waals surface area contributed by atoms with Crippen LogP contribution in [0.3, 0.4) is 0 Å². The van der Waals surface area contributed by atoms with Crippen LogP contribution in [0.1, 0.15) is 15.9 Å². The molecule has 0 radical (unpaired) electrons. The number of nitrogens with one attached hydrogen (secondary N) is 2. The molecule has 0 aliphatic carbocycles. The van der Waals surface area contributed by atoms with Crippen LogP contribution >= 0.6 is 34.8 Å². The van der Waals surface area contributed by atoms with Crippen molar-refractivity contribution in [2.75, 3.05) is 12.4 Å². The molecule has 0 spiro atoms. The Balaban J connectivity index is 2.18. The minimum Gasteiger partial charge on any atom is -0.506 e. The monoisotopic (exact) mass is 371 g/mol. The molecule has 0 fully saturated rings. The van der Waals surface area contributed by atoms with Gasteiger partial charge < -0.3 is 10.4 Å². The highest BCUT2D eigenvalue weighted by molar-refractivity contribution is 6.36. The number of aromatic hydroxyl groups is 1. The standard InChI is InChI=1S/C15H12Cl3N3O2/c1-19-13-3-2-9(16)5-11(13)15(23)21-20-7-8-4-10(17)6-12(18)14(8)22/h2-7,19,22H,1H3,(H,21,23)/b20-7+. The normalized spacial score (nSPS) is 10.8. The number of benzene rings is 2. The van der Waals surface area contributed by atoms with Crippen molar-refractivity contribution in [1.29, 1.82) is 0 Å². The Labute approximate surface area is 147 Å². The number of hydrogen-bond donors (Lipinski definition) is 3. The van der Waals surface area contributed by atoms with Crippen LogP contribution in [0.15, 0.2) is 35.4 Å².